The Morgan fingerprint density at radius 1 is 1.35 bits per heavy atom. The Kier molecular flexibility index (Phi) is 6.13. The number of nitrogens with zero attached hydrogens (tertiary/aromatic N) is 2. The Labute approximate surface area is 147 Å². The van der Waals surface area contributed by atoms with Gasteiger partial charge in [-0.2, -0.15) is 0 Å². The maximum absolute atomic E-state index is 11.7. The van der Waals surface area contributed by atoms with Gasteiger partial charge in [0.15, 0.2) is 5.96 Å². The van der Waals surface area contributed by atoms with E-state index in [1.54, 1.807) is 20.2 Å². The van der Waals surface area contributed by atoms with E-state index in [0.717, 1.165) is 18.4 Å². The van der Waals surface area contributed by atoms with Crippen molar-refractivity contribution in [3.05, 3.63) is 33.8 Å². The number of benzene rings is 1. The average molecular weight is 357 g/mol. The lowest BCUT2D eigenvalue weighted by Gasteiger charge is -2.19. The molecular weight excluding hydrogens is 335 g/mol. The second-order valence-electron chi connectivity index (χ2n) is 5.91. The Balaban J connectivity index is 2.04. The van der Waals surface area contributed by atoms with Crippen molar-refractivity contribution < 1.29 is 4.79 Å². The van der Waals surface area contributed by atoms with Crippen molar-refractivity contribution in [3.8, 4) is 0 Å². The first-order valence-electron chi connectivity index (χ1n) is 7.59. The summed E-state index contributed by atoms with van der Waals surface area (Å²) < 4.78 is 0. The van der Waals surface area contributed by atoms with Crippen molar-refractivity contribution in [2.24, 2.45) is 4.99 Å². The number of nitrogens with one attached hydrogen (secondary N) is 2. The molecule has 1 aromatic rings. The summed E-state index contributed by atoms with van der Waals surface area (Å²) in [6, 6.07) is 5.96. The van der Waals surface area contributed by atoms with E-state index in [2.05, 4.69) is 15.6 Å². The fourth-order valence-corrected chi connectivity index (χ4v) is 2.22. The molecule has 5 nitrogen and oxygen atoms in total. The van der Waals surface area contributed by atoms with Crippen LogP contribution in [0, 0.1) is 0 Å². The SMILES string of the molecule is CC(NC(=NCC(=O)N(C)C)NC1CC1)c1ccc(Cl)c(Cl)c1. The summed E-state index contributed by atoms with van der Waals surface area (Å²) >= 11 is 12.0. The van der Waals surface area contributed by atoms with E-state index in [-0.39, 0.29) is 18.5 Å². The van der Waals surface area contributed by atoms with Crippen LogP contribution in [0.1, 0.15) is 31.4 Å². The first-order chi connectivity index (χ1) is 10.9. The molecular formula is C16H22Cl2N4O. The van der Waals surface area contributed by atoms with Crippen molar-refractivity contribution in [2.75, 3.05) is 20.6 Å². The van der Waals surface area contributed by atoms with E-state index in [4.69, 9.17) is 23.2 Å². The minimum atomic E-state index is -0.0379. The molecule has 1 fully saturated rings. The Morgan fingerprint density at radius 3 is 2.61 bits per heavy atom. The van der Waals surface area contributed by atoms with Gasteiger partial charge in [-0.1, -0.05) is 29.3 Å². The number of halogens is 2. The standard InChI is InChI=1S/C16H22Cl2N4O/c1-10(11-4-7-13(17)14(18)8-11)20-16(21-12-5-6-12)19-9-15(23)22(2)3/h4,7-8,10,12H,5-6,9H2,1-3H3,(H2,19,20,21). The highest BCUT2D eigenvalue weighted by molar-refractivity contribution is 6.42. The highest BCUT2D eigenvalue weighted by Crippen LogP contribution is 2.25. The molecule has 0 aromatic heterocycles. The zero-order valence-corrected chi connectivity index (χ0v) is 15.1. The first-order valence-corrected chi connectivity index (χ1v) is 8.35. The zero-order valence-electron chi connectivity index (χ0n) is 13.6. The number of rotatable bonds is 5. The fourth-order valence-electron chi connectivity index (χ4n) is 1.91. The molecule has 0 aliphatic heterocycles. The van der Waals surface area contributed by atoms with Crippen molar-refractivity contribution in [1.29, 1.82) is 0 Å². The lowest BCUT2D eigenvalue weighted by atomic mass is 10.1. The van der Waals surface area contributed by atoms with Crippen molar-refractivity contribution in [3.63, 3.8) is 0 Å². The first kappa shape index (κ1) is 17.9. The second kappa shape index (κ2) is 7.88. The van der Waals surface area contributed by atoms with Crippen LogP contribution in [-0.2, 0) is 4.79 Å². The van der Waals surface area contributed by atoms with E-state index in [0.29, 0.717) is 22.0 Å². The van der Waals surface area contributed by atoms with Crippen LogP contribution in [0.5, 0.6) is 0 Å². The van der Waals surface area contributed by atoms with Crippen LogP contribution in [0.3, 0.4) is 0 Å². The van der Waals surface area contributed by atoms with E-state index >= 15 is 0 Å². The minimum absolute atomic E-state index is 0.00998. The smallest absolute Gasteiger partial charge is 0.243 e. The van der Waals surface area contributed by atoms with Gasteiger partial charge < -0.3 is 15.5 Å². The highest BCUT2D eigenvalue weighted by Gasteiger charge is 2.23. The van der Waals surface area contributed by atoms with Crippen LogP contribution in [-0.4, -0.2) is 43.4 Å². The molecule has 2 rings (SSSR count). The zero-order chi connectivity index (χ0) is 17.0. The van der Waals surface area contributed by atoms with Crippen LogP contribution >= 0.6 is 23.2 Å². The summed E-state index contributed by atoms with van der Waals surface area (Å²) in [6.07, 6.45) is 2.26. The number of likely N-dealkylation sites (N-methyl/N-ethyl adjacent to an activating group) is 1. The topological polar surface area (TPSA) is 56.7 Å². The molecule has 0 spiro atoms. The van der Waals surface area contributed by atoms with Gasteiger partial charge >= 0.3 is 0 Å². The Hall–Kier alpha value is -1.46. The van der Waals surface area contributed by atoms with Gasteiger partial charge in [0.1, 0.15) is 6.54 Å². The molecule has 23 heavy (non-hydrogen) atoms. The molecule has 0 heterocycles. The minimum Gasteiger partial charge on any atom is -0.354 e. The van der Waals surface area contributed by atoms with Crippen LogP contribution in [0.2, 0.25) is 10.0 Å². The van der Waals surface area contributed by atoms with Crippen molar-refractivity contribution in [1.82, 2.24) is 15.5 Å². The number of hydrogen-bond donors (Lipinski definition) is 2. The van der Waals surface area contributed by atoms with Gasteiger partial charge in [0, 0.05) is 20.1 Å². The van der Waals surface area contributed by atoms with E-state index < -0.39 is 0 Å². The van der Waals surface area contributed by atoms with E-state index in [9.17, 15) is 4.79 Å². The number of amides is 1. The number of guanidine groups is 1. The van der Waals surface area contributed by atoms with E-state index in [1.807, 2.05) is 19.1 Å². The predicted octanol–water partition coefficient (Wildman–Crippen LogP) is 2.84. The summed E-state index contributed by atoms with van der Waals surface area (Å²) in [6.45, 7) is 2.13. The molecule has 1 aromatic carbocycles. The maximum Gasteiger partial charge on any atom is 0.243 e. The third-order valence-corrected chi connectivity index (χ3v) is 4.33. The molecule has 1 saturated carbocycles. The summed E-state index contributed by atoms with van der Waals surface area (Å²) in [5.74, 6) is 0.602. The molecule has 1 unspecified atom stereocenters. The van der Waals surface area contributed by atoms with Crippen molar-refractivity contribution >= 4 is 35.1 Å². The molecule has 0 radical (unpaired) electrons. The van der Waals surface area contributed by atoms with Gasteiger partial charge in [0.05, 0.1) is 16.1 Å². The van der Waals surface area contributed by atoms with Crippen LogP contribution in [0.15, 0.2) is 23.2 Å². The molecule has 0 bridgehead atoms. The summed E-state index contributed by atoms with van der Waals surface area (Å²) in [5, 5.41) is 7.69. The number of carbonyl (C=O) groups excluding carboxylic acids is 1. The number of aliphatic imine (C=N–C) groups is 1. The predicted molar refractivity (Wildman–Crippen MR) is 95.2 cm³/mol. The largest absolute Gasteiger partial charge is 0.354 e. The summed E-state index contributed by atoms with van der Waals surface area (Å²) in [5.41, 5.74) is 1.00. The molecule has 1 amide bonds. The molecule has 0 saturated heterocycles. The van der Waals surface area contributed by atoms with Gasteiger partial charge in [0.25, 0.3) is 0 Å². The molecule has 126 valence electrons. The fraction of sp³-hybridized carbons (Fsp3) is 0.500. The monoisotopic (exact) mass is 356 g/mol. The van der Waals surface area contributed by atoms with Gasteiger partial charge in [-0.05, 0) is 37.5 Å². The van der Waals surface area contributed by atoms with E-state index in [1.165, 1.54) is 4.90 Å². The molecule has 1 aliphatic carbocycles. The van der Waals surface area contributed by atoms with Gasteiger partial charge in [-0.3, -0.25) is 4.79 Å². The average Bonchev–Trinajstić information content (AvgIpc) is 3.30. The Morgan fingerprint density at radius 2 is 2.04 bits per heavy atom. The molecule has 1 atom stereocenters. The normalized spacial score (nSPS) is 16.0. The summed E-state index contributed by atoms with van der Waals surface area (Å²) in [4.78, 5) is 17.6. The van der Waals surface area contributed by atoms with Gasteiger partial charge in [0.2, 0.25) is 5.91 Å². The molecule has 7 heteroatoms. The highest BCUT2D eigenvalue weighted by atomic mass is 35.5. The number of hydrogen-bond acceptors (Lipinski definition) is 2. The summed E-state index contributed by atoms with van der Waals surface area (Å²) in [7, 11) is 3.44. The lowest BCUT2D eigenvalue weighted by Crippen LogP contribution is -2.40. The van der Waals surface area contributed by atoms with Crippen LogP contribution in [0.25, 0.3) is 0 Å². The second-order valence-corrected chi connectivity index (χ2v) is 6.73. The van der Waals surface area contributed by atoms with Gasteiger partial charge in [-0.25, -0.2) is 4.99 Å². The third-order valence-electron chi connectivity index (χ3n) is 3.59. The maximum atomic E-state index is 11.7. The Bertz CT molecular complexity index is 600. The third kappa shape index (κ3) is 5.59. The lowest BCUT2D eigenvalue weighted by molar-refractivity contribution is -0.127. The molecule has 1 aliphatic rings. The molecule has 2 N–H and O–H groups in total. The van der Waals surface area contributed by atoms with Crippen LogP contribution < -0.4 is 10.6 Å². The quantitative estimate of drug-likeness (QED) is 0.629. The van der Waals surface area contributed by atoms with Gasteiger partial charge in [-0.15, -0.1) is 0 Å². The van der Waals surface area contributed by atoms with Crippen LogP contribution in [0.4, 0.5) is 0 Å². The van der Waals surface area contributed by atoms with Crippen molar-refractivity contribution in [2.45, 2.75) is 31.8 Å². The number of carbonyl (C=O) groups is 1.